The lowest BCUT2D eigenvalue weighted by Gasteiger charge is -2.11. The monoisotopic (exact) mass is 458 g/mol. The maximum Gasteiger partial charge on any atom is 0.293 e. The van der Waals surface area contributed by atoms with E-state index in [-0.39, 0.29) is 11.1 Å². The zero-order valence-electron chi connectivity index (χ0n) is 16.6. The molecule has 1 aromatic heterocycles. The molecule has 0 radical (unpaired) electrons. The topological polar surface area (TPSA) is 42.3 Å². The van der Waals surface area contributed by atoms with Gasteiger partial charge in [0.1, 0.15) is 0 Å². The van der Waals surface area contributed by atoms with Crippen molar-refractivity contribution in [2.75, 3.05) is 6.54 Å². The van der Waals surface area contributed by atoms with E-state index in [2.05, 4.69) is 4.57 Å². The van der Waals surface area contributed by atoms with Crippen LogP contribution in [0.2, 0.25) is 10.0 Å². The normalized spacial score (nSPS) is 15.7. The molecule has 0 atom stereocenters. The molecule has 2 aromatic carbocycles. The van der Waals surface area contributed by atoms with Gasteiger partial charge in [-0.15, -0.1) is 0 Å². The number of hydrogen-bond donors (Lipinski definition) is 0. The minimum absolute atomic E-state index is 0.206. The number of benzene rings is 2. The number of amides is 2. The molecule has 2 amide bonds. The van der Waals surface area contributed by atoms with Crippen LogP contribution >= 0.6 is 35.0 Å². The van der Waals surface area contributed by atoms with Gasteiger partial charge in [-0.25, -0.2) is 0 Å². The van der Waals surface area contributed by atoms with E-state index in [1.54, 1.807) is 6.07 Å². The molecule has 0 saturated carbocycles. The highest BCUT2D eigenvalue weighted by atomic mass is 35.5. The molecule has 154 valence electrons. The van der Waals surface area contributed by atoms with Crippen molar-refractivity contribution in [3.05, 3.63) is 74.2 Å². The Morgan fingerprint density at radius 3 is 2.60 bits per heavy atom. The lowest BCUT2D eigenvalue weighted by molar-refractivity contribution is -0.122. The van der Waals surface area contributed by atoms with Crippen molar-refractivity contribution >= 4 is 63.1 Å². The summed E-state index contributed by atoms with van der Waals surface area (Å²) >= 11 is 13.5. The highest BCUT2D eigenvalue weighted by molar-refractivity contribution is 8.18. The standard InChI is InChI=1S/C23H20Cl2N2O2S/c1-3-10-26-22(28)21(30-23(26)29)12-18-14(2)27(20-7-5-4-6-17(18)20)13-15-8-9-16(24)11-19(15)25/h4-9,11-12H,3,10,13H2,1-2H3/b21-12+. The number of para-hydroxylation sites is 1. The van der Waals surface area contributed by atoms with Crippen molar-refractivity contribution in [1.29, 1.82) is 0 Å². The summed E-state index contributed by atoms with van der Waals surface area (Å²) in [5.41, 5.74) is 3.95. The van der Waals surface area contributed by atoms with Crippen LogP contribution in [-0.4, -0.2) is 27.2 Å². The predicted molar refractivity (Wildman–Crippen MR) is 125 cm³/mol. The summed E-state index contributed by atoms with van der Waals surface area (Å²) in [6.45, 7) is 4.99. The second-order valence-electron chi connectivity index (χ2n) is 7.17. The van der Waals surface area contributed by atoms with Gasteiger partial charge in [0, 0.05) is 45.3 Å². The van der Waals surface area contributed by atoms with Gasteiger partial charge >= 0.3 is 0 Å². The van der Waals surface area contributed by atoms with Crippen LogP contribution in [0, 0.1) is 6.92 Å². The summed E-state index contributed by atoms with van der Waals surface area (Å²) in [5.74, 6) is -0.219. The van der Waals surface area contributed by atoms with E-state index >= 15 is 0 Å². The fourth-order valence-electron chi connectivity index (χ4n) is 3.71. The Hall–Kier alpha value is -2.21. The Balaban J connectivity index is 1.80. The molecule has 1 aliphatic rings. The number of fused-ring (bicyclic) bond motifs is 1. The molecule has 3 aromatic rings. The van der Waals surface area contributed by atoms with Crippen molar-refractivity contribution < 1.29 is 9.59 Å². The lowest BCUT2D eigenvalue weighted by atomic mass is 10.1. The first-order valence-electron chi connectivity index (χ1n) is 9.67. The predicted octanol–water partition coefficient (Wildman–Crippen LogP) is 6.75. The number of aromatic nitrogens is 1. The van der Waals surface area contributed by atoms with Gasteiger partial charge in [-0.2, -0.15) is 0 Å². The summed E-state index contributed by atoms with van der Waals surface area (Å²) in [6, 6.07) is 13.5. The average Bonchev–Trinajstić information content (AvgIpc) is 3.13. The number of hydrogen-bond acceptors (Lipinski definition) is 3. The Morgan fingerprint density at radius 2 is 1.87 bits per heavy atom. The minimum atomic E-state index is -0.219. The number of thioether (sulfide) groups is 1. The van der Waals surface area contributed by atoms with Crippen LogP contribution in [0.4, 0.5) is 4.79 Å². The molecule has 1 fully saturated rings. The van der Waals surface area contributed by atoms with Gasteiger partial charge in [-0.05, 0) is 54.9 Å². The maximum atomic E-state index is 12.7. The number of halogens is 2. The van der Waals surface area contributed by atoms with E-state index in [4.69, 9.17) is 23.2 Å². The molecule has 0 unspecified atom stereocenters. The van der Waals surface area contributed by atoms with Crippen LogP contribution < -0.4 is 0 Å². The molecule has 7 heteroatoms. The van der Waals surface area contributed by atoms with Gasteiger partial charge in [0.15, 0.2) is 0 Å². The number of rotatable bonds is 5. The summed E-state index contributed by atoms with van der Waals surface area (Å²) < 4.78 is 2.17. The summed E-state index contributed by atoms with van der Waals surface area (Å²) in [7, 11) is 0. The van der Waals surface area contributed by atoms with Crippen molar-refractivity contribution in [2.45, 2.75) is 26.8 Å². The molecule has 0 aliphatic carbocycles. The fraction of sp³-hybridized carbons (Fsp3) is 0.217. The largest absolute Gasteiger partial charge is 0.340 e. The summed E-state index contributed by atoms with van der Waals surface area (Å²) in [6.07, 6.45) is 2.59. The van der Waals surface area contributed by atoms with E-state index in [0.29, 0.717) is 28.0 Å². The first-order chi connectivity index (χ1) is 14.4. The number of imide groups is 1. The number of carbonyl (C=O) groups excluding carboxylic acids is 2. The molecular weight excluding hydrogens is 439 g/mol. The van der Waals surface area contributed by atoms with E-state index < -0.39 is 0 Å². The second kappa shape index (κ2) is 8.50. The van der Waals surface area contributed by atoms with Crippen LogP contribution in [0.5, 0.6) is 0 Å². The smallest absolute Gasteiger partial charge is 0.293 e. The molecule has 1 saturated heterocycles. The zero-order valence-corrected chi connectivity index (χ0v) is 18.9. The summed E-state index contributed by atoms with van der Waals surface area (Å²) in [4.78, 5) is 26.7. The lowest BCUT2D eigenvalue weighted by Crippen LogP contribution is -2.28. The molecule has 30 heavy (non-hydrogen) atoms. The van der Waals surface area contributed by atoms with Crippen LogP contribution in [0.3, 0.4) is 0 Å². The van der Waals surface area contributed by atoms with Crippen LogP contribution in [0.15, 0.2) is 47.4 Å². The molecule has 1 aliphatic heterocycles. The third-order valence-corrected chi connectivity index (χ3v) is 6.71. The van der Waals surface area contributed by atoms with Gasteiger partial charge in [-0.3, -0.25) is 14.5 Å². The van der Waals surface area contributed by atoms with E-state index in [1.165, 1.54) is 4.90 Å². The molecule has 2 heterocycles. The number of nitrogens with zero attached hydrogens (tertiary/aromatic N) is 2. The van der Waals surface area contributed by atoms with Crippen LogP contribution in [0.25, 0.3) is 17.0 Å². The van der Waals surface area contributed by atoms with Crippen molar-refractivity contribution in [3.63, 3.8) is 0 Å². The third kappa shape index (κ3) is 3.78. The summed E-state index contributed by atoms with van der Waals surface area (Å²) in [5, 5.41) is 2.04. The van der Waals surface area contributed by atoms with E-state index in [9.17, 15) is 9.59 Å². The fourth-order valence-corrected chi connectivity index (χ4v) is 5.03. The minimum Gasteiger partial charge on any atom is -0.340 e. The average molecular weight is 459 g/mol. The van der Waals surface area contributed by atoms with Gasteiger partial charge in [-0.1, -0.05) is 54.4 Å². The quantitative estimate of drug-likeness (QED) is 0.397. The van der Waals surface area contributed by atoms with Crippen LogP contribution in [-0.2, 0) is 11.3 Å². The highest BCUT2D eigenvalue weighted by Gasteiger charge is 2.34. The highest BCUT2D eigenvalue weighted by Crippen LogP contribution is 2.36. The van der Waals surface area contributed by atoms with Gasteiger partial charge in [0.2, 0.25) is 0 Å². The zero-order chi connectivity index (χ0) is 21.4. The molecule has 0 spiro atoms. The van der Waals surface area contributed by atoms with E-state index in [1.807, 2.05) is 56.3 Å². The molecule has 4 rings (SSSR count). The van der Waals surface area contributed by atoms with Crippen LogP contribution in [0.1, 0.15) is 30.2 Å². The Labute approximate surface area is 189 Å². The molecule has 0 N–H and O–H groups in total. The van der Waals surface area contributed by atoms with Crippen molar-refractivity contribution in [3.8, 4) is 0 Å². The molecule has 4 nitrogen and oxygen atoms in total. The van der Waals surface area contributed by atoms with Gasteiger partial charge in [0.05, 0.1) is 4.91 Å². The SMILES string of the molecule is CCCN1C(=O)S/C(=C/c2c(C)n(Cc3ccc(Cl)cc3Cl)c3ccccc23)C1=O. The van der Waals surface area contributed by atoms with Gasteiger partial charge in [0.25, 0.3) is 11.1 Å². The Bertz CT molecular complexity index is 1200. The second-order valence-corrected chi connectivity index (χ2v) is 9.01. The first-order valence-corrected chi connectivity index (χ1v) is 11.2. The first kappa shape index (κ1) is 21.0. The van der Waals surface area contributed by atoms with Crippen molar-refractivity contribution in [1.82, 2.24) is 9.47 Å². The molecular formula is C23H20Cl2N2O2S. The number of carbonyl (C=O) groups is 2. The molecule has 0 bridgehead atoms. The Morgan fingerprint density at radius 1 is 1.10 bits per heavy atom. The third-order valence-electron chi connectivity index (χ3n) is 5.22. The van der Waals surface area contributed by atoms with Crippen molar-refractivity contribution in [2.24, 2.45) is 0 Å². The van der Waals surface area contributed by atoms with E-state index in [0.717, 1.165) is 45.9 Å². The van der Waals surface area contributed by atoms with Gasteiger partial charge < -0.3 is 4.57 Å². The maximum absolute atomic E-state index is 12.7. The Kier molecular flexibility index (Phi) is 5.96.